The number of nitrogens with zero attached hydrogens (tertiary/aromatic N) is 1. The molecule has 1 aromatic rings. The molecule has 5 aliphatic rings. The molecular weight excluding hydrogens is 326 g/mol. The van der Waals surface area contributed by atoms with Crippen molar-refractivity contribution < 1.29 is 14.3 Å². The molecule has 3 saturated carbocycles. The van der Waals surface area contributed by atoms with Crippen LogP contribution < -0.4 is 0 Å². The fourth-order valence-electron chi connectivity index (χ4n) is 5.99. The Bertz CT molecular complexity index is 730. The first-order valence-electron chi connectivity index (χ1n) is 10.1. The summed E-state index contributed by atoms with van der Waals surface area (Å²) in [4.78, 5) is 5.86. The Balaban J connectivity index is 1.44. The van der Waals surface area contributed by atoms with Gasteiger partial charge in [0.25, 0.3) is 0 Å². The monoisotopic (exact) mass is 355 g/mol. The summed E-state index contributed by atoms with van der Waals surface area (Å²) >= 11 is 0. The molecule has 2 bridgehead atoms. The Labute approximate surface area is 155 Å². The molecule has 1 saturated heterocycles. The van der Waals surface area contributed by atoms with Gasteiger partial charge in [0.05, 0.1) is 23.3 Å². The van der Waals surface area contributed by atoms with Gasteiger partial charge in [0.15, 0.2) is 12.4 Å². The number of ether oxygens (including phenoxy) is 2. The lowest BCUT2D eigenvalue weighted by molar-refractivity contribution is -0.212. The Kier molecular flexibility index (Phi) is 3.58. The first-order chi connectivity index (χ1) is 12.4. The summed E-state index contributed by atoms with van der Waals surface area (Å²) in [5.74, 6) is 1.37. The van der Waals surface area contributed by atoms with E-state index in [4.69, 9.17) is 14.3 Å². The van der Waals surface area contributed by atoms with Crippen molar-refractivity contribution in [3.8, 4) is 0 Å². The van der Waals surface area contributed by atoms with E-state index in [0.29, 0.717) is 11.3 Å². The highest BCUT2D eigenvalue weighted by Gasteiger charge is 2.68. The summed E-state index contributed by atoms with van der Waals surface area (Å²) in [6.45, 7) is 9.20. The highest BCUT2D eigenvalue weighted by molar-refractivity contribution is 5.88. The topological polar surface area (TPSA) is 40.0 Å². The largest absolute Gasteiger partial charge is 0.387 e. The van der Waals surface area contributed by atoms with Crippen molar-refractivity contribution in [3.63, 3.8) is 0 Å². The van der Waals surface area contributed by atoms with Crippen molar-refractivity contribution in [2.45, 2.75) is 71.1 Å². The molecule has 2 aliphatic heterocycles. The zero-order valence-corrected chi connectivity index (χ0v) is 16.1. The van der Waals surface area contributed by atoms with Gasteiger partial charge in [-0.1, -0.05) is 56.3 Å². The Morgan fingerprint density at radius 2 is 1.88 bits per heavy atom. The molecule has 0 radical (unpaired) electrons. The summed E-state index contributed by atoms with van der Waals surface area (Å²) < 4.78 is 13.3. The molecule has 0 spiro atoms. The lowest BCUT2D eigenvalue weighted by Crippen LogP contribution is -2.65. The molecule has 1 aromatic carbocycles. The van der Waals surface area contributed by atoms with Crippen LogP contribution in [0.1, 0.15) is 58.6 Å². The zero-order chi connectivity index (χ0) is 18.1. The van der Waals surface area contributed by atoms with E-state index in [-0.39, 0.29) is 30.0 Å². The van der Waals surface area contributed by atoms with Crippen LogP contribution in [0.2, 0.25) is 0 Å². The van der Waals surface area contributed by atoms with Gasteiger partial charge in [0.2, 0.25) is 0 Å². The Hall–Kier alpha value is -1.39. The third kappa shape index (κ3) is 2.12. The van der Waals surface area contributed by atoms with Crippen LogP contribution in [0, 0.1) is 23.2 Å². The van der Waals surface area contributed by atoms with Crippen molar-refractivity contribution in [2.75, 3.05) is 0 Å². The van der Waals surface area contributed by atoms with E-state index in [1.165, 1.54) is 6.42 Å². The minimum Gasteiger partial charge on any atom is -0.387 e. The summed E-state index contributed by atoms with van der Waals surface area (Å²) in [6.07, 6.45) is 3.04. The van der Waals surface area contributed by atoms with Gasteiger partial charge in [-0.15, -0.1) is 0 Å². The molecule has 7 atom stereocenters. The van der Waals surface area contributed by atoms with Gasteiger partial charge in [0.1, 0.15) is 0 Å². The maximum absolute atomic E-state index is 6.72. The minimum absolute atomic E-state index is 0.0325. The van der Waals surface area contributed by atoms with Crippen molar-refractivity contribution >= 4 is 5.71 Å². The van der Waals surface area contributed by atoms with Crippen LogP contribution in [0.4, 0.5) is 0 Å². The summed E-state index contributed by atoms with van der Waals surface area (Å²) in [5, 5.41) is 4.39. The summed E-state index contributed by atoms with van der Waals surface area (Å²) in [7, 11) is 0. The van der Waals surface area contributed by atoms with E-state index in [9.17, 15) is 0 Å². The average molecular weight is 355 g/mol. The van der Waals surface area contributed by atoms with E-state index < -0.39 is 0 Å². The highest BCUT2D eigenvalue weighted by atomic mass is 16.7. The van der Waals surface area contributed by atoms with Crippen molar-refractivity contribution in [1.29, 1.82) is 0 Å². The van der Waals surface area contributed by atoms with Crippen molar-refractivity contribution in [3.05, 3.63) is 35.9 Å². The second-order valence-electron chi connectivity index (χ2n) is 9.24. The number of oxime groups is 1. The van der Waals surface area contributed by atoms with Crippen LogP contribution >= 0.6 is 0 Å². The van der Waals surface area contributed by atoms with Gasteiger partial charge in [0, 0.05) is 0 Å². The zero-order valence-electron chi connectivity index (χ0n) is 16.1. The fourth-order valence-corrected chi connectivity index (χ4v) is 5.99. The van der Waals surface area contributed by atoms with Crippen LogP contribution in [0.15, 0.2) is 35.5 Å². The molecule has 26 heavy (non-hydrogen) atoms. The second-order valence-corrected chi connectivity index (χ2v) is 9.24. The standard InChI is InChI=1S/C22H29NO3/c1-5-15-18(19(26-23-15)13-9-7-6-8-10-13)20-24-17-12-14-11-16(21(14,2)3)22(17,4)25-20/h6-10,14,16-20H,5,11-12H2,1-4H3/t14-,16-,17+,18-,19+,20+,22-/m1/s1. The normalized spacial score (nSPS) is 45.5. The molecule has 0 aromatic heterocycles. The molecule has 140 valence electrons. The molecule has 0 N–H and O–H groups in total. The maximum atomic E-state index is 6.72. The molecular formula is C22H29NO3. The van der Waals surface area contributed by atoms with Gasteiger partial charge in [-0.3, -0.25) is 0 Å². The van der Waals surface area contributed by atoms with E-state index in [2.05, 4.69) is 57.1 Å². The predicted octanol–water partition coefficient (Wildman–Crippen LogP) is 4.71. The number of benzene rings is 1. The minimum atomic E-state index is -0.272. The average Bonchev–Trinajstić information content (AvgIpc) is 3.21. The number of hydrogen-bond acceptors (Lipinski definition) is 4. The molecule has 3 aliphatic carbocycles. The predicted molar refractivity (Wildman–Crippen MR) is 99.6 cm³/mol. The first-order valence-corrected chi connectivity index (χ1v) is 10.1. The van der Waals surface area contributed by atoms with Crippen LogP contribution in [-0.2, 0) is 14.3 Å². The summed E-state index contributed by atoms with van der Waals surface area (Å²) in [6, 6.07) is 10.3. The SMILES string of the molecule is CCC1=NO[C@@H](c2ccccc2)[C@@H]1[C@H]1O[C@H]2C[C@H]3C[C@H](C3(C)C)[C@@]2(C)O1. The van der Waals surface area contributed by atoms with Gasteiger partial charge < -0.3 is 14.3 Å². The lowest BCUT2D eigenvalue weighted by Gasteiger charge is -2.63. The lowest BCUT2D eigenvalue weighted by atomic mass is 9.43. The van der Waals surface area contributed by atoms with Gasteiger partial charge in [-0.25, -0.2) is 0 Å². The van der Waals surface area contributed by atoms with Gasteiger partial charge in [-0.2, -0.15) is 0 Å². The molecule has 4 fully saturated rings. The number of rotatable bonds is 3. The van der Waals surface area contributed by atoms with Gasteiger partial charge >= 0.3 is 0 Å². The molecule has 6 rings (SSSR count). The smallest absolute Gasteiger partial charge is 0.171 e. The Morgan fingerprint density at radius 1 is 1.12 bits per heavy atom. The second kappa shape index (κ2) is 5.56. The van der Waals surface area contributed by atoms with Crippen LogP contribution in [0.5, 0.6) is 0 Å². The molecule has 0 unspecified atom stereocenters. The van der Waals surface area contributed by atoms with E-state index in [1.807, 2.05) is 6.07 Å². The highest BCUT2D eigenvalue weighted by Crippen LogP contribution is 2.66. The third-order valence-corrected chi connectivity index (χ3v) is 7.75. The van der Waals surface area contributed by atoms with Crippen LogP contribution in [0.25, 0.3) is 0 Å². The quantitative estimate of drug-likeness (QED) is 0.788. The number of hydrogen-bond donors (Lipinski definition) is 0. The maximum Gasteiger partial charge on any atom is 0.171 e. The van der Waals surface area contributed by atoms with Crippen LogP contribution in [-0.4, -0.2) is 23.7 Å². The molecule has 4 nitrogen and oxygen atoms in total. The van der Waals surface area contributed by atoms with Crippen molar-refractivity contribution in [1.82, 2.24) is 0 Å². The Morgan fingerprint density at radius 3 is 2.58 bits per heavy atom. The van der Waals surface area contributed by atoms with Crippen LogP contribution in [0.3, 0.4) is 0 Å². The van der Waals surface area contributed by atoms with E-state index in [1.54, 1.807) is 0 Å². The van der Waals surface area contributed by atoms with Crippen molar-refractivity contribution in [2.24, 2.45) is 28.3 Å². The first kappa shape index (κ1) is 16.8. The summed E-state index contributed by atoms with van der Waals surface area (Å²) in [5.41, 5.74) is 2.36. The van der Waals surface area contributed by atoms with Gasteiger partial charge in [-0.05, 0) is 49.0 Å². The van der Waals surface area contributed by atoms with E-state index >= 15 is 0 Å². The van der Waals surface area contributed by atoms with E-state index in [0.717, 1.165) is 30.0 Å². The third-order valence-electron chi connectivity index (χ3n) is 7.75. The molecule has 4 heteroatoms. The molecule has 0 amide bonds. The fraction of sp³-hybridized carbons (Fsp3) is 0.682. The molecule has 2 heterocycles.